The van der Waals surface area contributed by atoms with Crippen LogP contribution in [0.3, 0.4) is 0 Å². The SMILES string of the molecule is Brc1ccccc1COCCCc1ccccc1. The van der Waals surface area contributed by atoms with Gasteiger partial charge in [-0.3, -0.25) is 0 Å². The molecular weight excluding hydrogens is 288 g/mol. The quantitative estimate of drug-likeness (QED) is 0.709. The van der Waals surface area contributed by atoms with Gasteiger partial charge in [0.2, 0.25) is 0 Å². The van der Waals surface area contributed by atoms with E-state index in [1.807, 2.05) is 24.3 Å². The summed E-state index contributed by atoms with van der Waals surface area (Å²) in [6.45, 7) is 1.48. The van der Waals surface area contributed by atoms with Crippen LogP contribution in [0.5, 0.6) is 0 Å². The van der Waals surface area contributed by atoms with Crippen molar-refractivity contribution in [3.8, 4) is 0 Å². The van der Waals surface area contributed by atoms with E-state index in [9.17, 15) is 0 Å². The molecule has 0 spiro atoms. The summed E-state index contributed by atoms with van der Waals surface area (Å²) in [5.74, 6) is 0. The van der Waals surface area contributed by atoms with Crippen molar-refractivity contribution >= 4 is 15.9 Å². The molecule has 0 bridgehead atoms. The van der Waals surface area contributed by atoms with Crippen molar-refractivity contribution in [3.63, 3.8) is 0 Å². The van der Waals surface area contributed by atoms with E-state index in [0.717, 1.165) is 23.9 Å². The van der Waals surface area contributed by atoms with Crippen LogP contribution in [-0.4, -0.2) is 6.61 Å². The van der Waals surface area contributed by atoms with E-state index >= 15 is 0 Å². The van der Waals surface area contributed by atoms with Gasteiger partial charge >= 0.3 is 0 Å². The fourth-order valence-corrected chi connectivity index (χ4v) is 2.22. The fourth-order valence-electron chi connectivity index (χ4n) is 1.82. The Morgan fingerprint density at radius 1 is 0.889 bits per heavy atom. The number of aryl methyl sites for hydroxylation is 1. The molecule has 2 heteroatoms. The van der Waals surface area contributed by atoms with Crippen molar-refractivity contribution in [3.05, 3.63) is 70.2 Å². The smallest absolute Gasteiger partial charge is 0.0727 e. The number of halogens is 1. The van der Waals surface area contributed by atoms with Gasteiger partial charge in [0.05, 0.1) is 6.61 Å². The van der Waals surface area contributed by atoms with Gasteiger partial charge in [-0.05, 0) is 30.0 Å². The van der Waals surface area contributed by atoms with Crippen LogP contribution >= 0.6 is 15.9 Å². The maximum Gasteiger partial charge on any atom is 0.0727 e. The predicted octanol–water partition coefficient (Wildman–Crippen LogP) is 4.60. The highest BCUT2D eigenvalue weighted by atomic mass is 79.9. The van der Waals surface area contributed by atoms with Gasteiger partial charge in [-0.1, -0.05) is 64.5 Å². The Balaban J connectivity index is 1.66. The van der Waals surface area contributed by atoms with Crippen LogP contribution in [-0.2, 0) is 17.8 Å². The van der Waals surface area contributed by atoms with Crippen molar-refractivity contribution < 1.29 is 4.74 Å². The Kier molecular flexibility index (Phi) is 5.43. The lowest BCUT2D eigenvalue weighted by Crippen LogP contribution is -1.98. The zero-order valence-corrected chi connectivity index (χ0v) is 11.9. The first-order valence-electron chi connectivity index (χ1n) is 6.21. The lowest BCUT2D eigenvalue weighted by Gasteiger charge is -2.06. The first kappa shape index (κ1) is 13.3. The molecule has 0 aromatic heterocycles. The molecule has 2 aromatic rings. The average Bonchev–Trinajstić information content (AvgIpc) is 2.42. The second kappa shape index (κ2) is 7.34. The van der Waals surface area contributed by atoms with Crippen molar-refractivity contribution in [1.29, 1.82) is 0 Å². The second-order valence-electron chi connectivity index (χ2n) is 4.23. The monoisotopic (exact) mass is 304 g/mol. The molecule has 18 heavy (non-hydrogen) atoms. The molecule has 2 aromatic carbocycles. The summed E-state index contributed by atoms with van der Waals surface area (Å²) in [6, 6.07) is 18.7. The van der Waals surface area contributed by atoms with Gasteiger partial charge in [0.15, 0.2) is 0 Å². The third kappa shape index (κ3) is 4.28. The summed E-state index contributed by atoms with van der Waals surface area (Å²) in [4.78, 5) is 0. The summed E-state index contributed by atoms with van der Waals surface area (Å²) in [7, 11) is 0. The average molecular weight is 305 g/mol. The molecule has 0 aliphatic rings. The minimum absolute atomic E-state index is 0.677. The van der Waals surface area contributed by atoms with E-state index < -0.39 is 0 Å². The van der Waals surface area contributed by atoms with Gasteiger partial charge in [-0.25, -0.2) is 0 Å². The summed E-state index contributed by atoms with van der Waals surface area (Å²) in [5, 5.41) is 0. The van der Waals surface area contributed by atoms with Gasteiger partial charge < -0.3 is 4.74 Å². The molecule has 0 amide bonds. The van der Waals surface area contributed by atoms with Crippen molar-refractivity contribution in [2.24, 2.45) is 0 Å². The Morgan fingerprint density at radius 3 is 2.39 bits per heavy atom. The summed E-state index contributed by atoms with van der Waals surface area (Å²) in [6.07, 6.45) is 2.14. The Bertz CT molecular complexity index is 468. The molecule has 0 aliphatic carbocycles. The van der Waals surface area contributed by atoms with Crippen LogP contribution in [0.15, 0.2) is 59.1 Å². The zero-order chi connectivity index (χ0) is 12.6. The Hall–Kier alpha value is -1.12. The molecule has 0 radical (unpaired) electrons. The van der Waals surface area contributed by atoms with Gasteiger partial charge in [-0.2, -0.15) is 0 Å². The van der Waals surface area contributed by atoms with E-state index in [0.29, 0.717) is 6.61 Å². The van der Waals surface area contributed by atoms with Gasteiger partial charge in [0.25, 0.3) is 0 Å². The van der Waals surface area contributed by atoms with Gasteiger partial charge in [0.1, 0.15) is 0 Å². The summed E-state index contributed by atoms with van der Waals surface area (Å²) in [5.41, 5.74) is 2.58. The van der Waals surface area contributed by atoms with E-state index in [4.69, 9.17) is 4.74 Å². The molecule has 0 saturated heterocycles. The zero-order valence-electron chi connectivity index (χ0n) is 10.3. The highest BCUT2D eigenvalue weighted by Gasteiger charge is 1.98. The molecule has 0 unspecified atom stereocenters. The normalized spacial score (nSPS) is 10.5. The third-order valence-corrected chi connectivity index (χ3v) is 3.59. The van der Waals surface area contributed by atoms with Gasteiger partial charge in [-0.15, -0.1) is 0 Å². The van der Waals surface area contributed by atoms with Crippen molar-refractivity contribution in [2.75, 3.05) is 6.61 Å². The van der Waals surface area contributed by atoms with E-state index in [2.05, 4.69) is 46.3 Å². The maximum atomic E-state index is 5.69. The molecule has 0 saturated carbocycles. The standard InChI is InChI=1S/C16H17BrO/c17-16-11-5-4-10-15(16)13-18-12-6-9-14-7-2-1-3-8-14/h1-5,7-8,10-11H,6,9,12-13H2. The molecule has 0 N–H and O–H groups in total. The first-order chi connectivity index (χ1) is 8.86. The molecular formula is C16H17BrO. The number of hydrogen-bond donors (Lipinski definition) is 0. The number of rotatable bonds is 6. The Morgan fingerprint density at radius 2 is 1.61 bits per heavy atom. The Labute approximate surface area is 117 Å². The van der Waals surface area contributed by atoms with Gasteiger partial charge in [0, 0.05) is 11.1 Å². The van der Waals surface area contributed by atoms with Crippen LogP contribution in [0.2, 0.25) is 0 Å². The largest absolute Gasteiger partial charge is 0.377 e. The molecule has 0 fully saturated rings. The molecule has 0 atom stereocenters. The maximum absolute atomic E-state index is 5.69. The predicted molar refractivity (Wildman–Crippen MR) is 78.6 cm³/mol. The lowest BCUT2D eigenvalue weighted by atomic mass is 10.1. The highest BCUT2D eigenvalue weighted by molar-refractivity contribution is 9.10. The third-order valence-electron chi connectivity index (χ3n) is 2.81. The van der Waals surface area contributed by atoms with Crippen molar-refractivity contribution in [2.45, 2.75) is 19.4 Å². The molecule has 0 heterocycles. The van der Waals surface area contributed by atoms with Crippen LogP contribution in [0, 0.1) is 0 Å². The minimum atomic E-state index is 0.677. The number of ether oxygens (including phenoxy) is 1. The summed E-state index contributed by atoms with van der Waals surface area (Å²) < 4.78 is 6.81. The van der Waals surface area contributed by atoms with Crippen molar-refractivity contribution in [1.82, 2.24) is 0 Å². The fraction of sp³-hybridized carbons (Fsp3) is 0.250. The number of benzene rings is 2. The van der Waals surface area contributed by atoms with E-state index in [1.54, 1.807) is 0 Å². The van der Waals surface area contributed by atoms with Crippen LogP contribution < -0.4 is 0 Å². The second-order valence-corrected chi connectivity index (χ2v) is 5.09. The molecule has 1 nitrogen and oxygen atoms in total. The van der Waals surface area contributed by atoms with Crippen LogP contribution in [0.4, 0.5) is 0 Å². The van der Waals surface area contributed by atoms with Crippen LogP contribution in [0.25, 0.3) is 0 Å². The lowest BCUT2D eigenvalue weighted by molar-refractivity contribution is 0.118. The van der Waals surface area contributed by atoms with Crippen LogP contribution in [0.1, 0.15) is 17.5 Å². The summed E-state index contributed by atoms with van der Waals surface area (Å²) >= 11 is 3.52. The molecule has 94 valence electrons. The topological polar surface area (TPSA) is 9.23 Å². The van der Waals surface area contributed by atoms with E-state index in [-0.39, 0.29) is 0 Å². The van der Waals surface area contributed by atoms with E-state index in [1.165, 1.54) is 11.1 Å². The molecule has 0 aliphatic heterocycles. The first-order valence-corrected chi connectivity index (χ1v) is 7.00. The minimum Gasteiger partial charge on any atom is -0.377 e. The number of hydrogen-bond acceptors (Lipinski definition) is 1. The molecule has 2 rings (SSSR count). The highest BCUT2D eigenvalue weighted by Crippen LogP contribution is 2.16.